The number of rotatable bonds is 2. The number of fused-ring (bicyclic) bond motifs is 1. The monoisotopic (exact) mass is 307 g/mol. The highest BCUT2D eigenvalue weighted by atomic mass is 32.2. The summed E-state index contributed by atoms with van der Waals surface area (Å²) in [6.45, 7) is 3.58. The van der Waals surface area contributed by atoms with Gasteiger partial charge in [-0.1, -0.05) is 23.5 Å². The summed E-state index contributed by atoms with van der Waals surface area (Å²) in [4.78, 5) is 17.6. The number of hydrogen-bond donors (Lipinski definition) is 2. The molecule has 1 aromatic carbocycles. The molecule has 3 N–H and O–H groups in total. The molecular weight excluding hydrogens is 294 g/mol. The Bertz CT molecular complexity index is 723. The summed E-state index contributed by atoms with van der Waals surface area (Å²) < 4.78 is 5.30. The summed E-state index contributed by atoms with van der Waals surface area (Å²) in [6, 6.07) is 5.98. The quantitative estimate of drug-likeness (QED) is 0.887. The molecule has 0 saturated carbocycles. The van der Waals surface area contributed by atoms with E-state index in [1.54, 1.807) is 23.5 Å². The molecule has 2 heterocycles. The van der Waals surface area contributed by atoms with Gasteiger partial charge in [-0.3, -0.25) is 4.79 Å². The third kappa shape index (κ3) is 2.51. The zero-order valence-corrected chi connectivity index (χ0v) is 12.6. The van der Waals surface area contributed by atoms with E-state index < -0.39 is 0 Å². The number of nitrogens with one attached hydrogen (secondary N) is 1. The number of anilines is 1. The number of allylic oxidation sites excluding steroid dienone is 1. The van der Waals surface area contributed by atoms with Crippen LogP contribution >= 0.6 is 23.5 Å². The Morgan fingerprint density at radius 3 is 3.00 bits per heavy atom. The number of aromatic nitrogens is 1. The topological polar surface area (TPSA) is 81.2 Å². The second kappa shape index (κ2) is 5.06. The Morgan fingerprint density at radius 1 is 1.45 bits per heavy atom. The average Bonchev–Trinajstić information content (AvgIpc) is 2.89. The van der Waals surface area contributed by atoms with Crippen molar-refractivity contribution in [3.05, 3.63) is 28.7 Å². The van der Waals surface area contributed by atoms with Crippen molar-refractivity contribution >= 4 is 51.5 Å². The van der Waals surface area contributed by atoms with E-state index in [-0.39, 0.29) is 16.6 Å². The first kappa shape index (κ1) is 13.4. The van der Waals surface area contributed by atoms with Gasteiger partial charge in [0.05, 0.1) is 0 Å². The van der Waals surface area contributed by atoms with Gasteiger partial charge in [0.15, 0.2) is 5.58 Å². The highest BCUT2D eigenvalue weighted by molar-refractivity contribution is 8.26. The fourth-order valence-corrected chi connectivity index (χ4v) is 4.85. The van der Waals surface area contributed by atoms with Crippen LogP contribution in [0, 0.1) is 0 Å². The number of oxazole rings is 1. The molecule has 1 aromatic heterocycles. The molecule has 1 unspecified atom stereocenters. The predicted octanol–water partition coefficient (Wildman–Crippen LogP) is 3.00. The summed E-state index contributed by atoms with van der Waals surface area (Å²) in [5.41, 5.74) is 8.04. The van der Waals surface area contributed by atoms with Gasteiger partial charge in [-0.05, 0) is 35.6 Å². The van der Waals surface area contributed by atoms with Gasteiger partial charge in [0, 0.05) is 11.8 Å². The van der Waals surface area contributed by atoms with Crippen molar-refractivity contribution in [3.63, 3.8) is 0 Å². The Morgan fingerprint density at radius 2 is 2.25 bits per heavy atom. The number of benzene rings is 1. The van der Waals surface area contributed by atoms with E-state index in [4.69, 9.17) is 10.2 Å². The molecule has 7 heteroatoms. The van der Waals surface area contributed by atoms with Crippen LogP contribution in [-0.4, -0.2) is 15.6 Å². The van der Waals surface area contributed by atoms with Gasteiger partial charge in [0.1, 0.15) is 10.2 Å². The van der Waals surface area contributed by atoms with Crippen LogP contribution < -0.4 is 11.1 Å². The van der Waals surface area contributed by atoms with Crippen LogP contribution in [0.25, 0.3) is 16.0 Å². The second-order valence-electron chi connectivity index (χ2n) is 4.39. The number of amides is 1. The lowest BCUT2D eigenvalue weighted by Crippen LogP contribution is -2.26. The van der Waals surface area contributed by atoms with Crippen molar-refractivity contribution in [1.29, 1.82) is 0 Å². The lowest BCUT2D eigenvalue weighted by Gasteiger charge is -2.09. The molecule has 1 amide bonds. The molecule has 0 radical (unpaired) electrons. The summed E-state index contributed by atoms with van der Waals surface area (Å²) >= 11 is 3.29. The zero-order chi connectivity index (χ0) is 14.3. The first-order chi connectivity index (χ1) is 9.52. The van der Waals surface area contributed by atoms with E-state index in [0.717, 1.165) is 16.0 Å². The van der Waals surface area contributed by atoms with Crippen molar-refractivity contribution in [2.75, 3.05) is 5.73 Å². The van der Waals surface area contributed by atoms with E-state index in [1.807, 2.05) is 18.2 Å². The Hall–Kier alpha value is -1.60. The molecule has 5 nitrogen and oxygen atoms in total. The molecule has 0 spiro atoms. The molecule has 1 atom stereocenters. The van der Waals surface area contributed by atoms with Crippen molar-refractivity contribution in [2.24, 2.45) is 0 Å². The fraction of sp³-hybridized carbons (Fsp3) is 0.231. The fourth-order valence-electron chi connectivity index (χ4n) is 2.01. The van der Waals surface area contributed by atoms with Crippen LogP contribution in [0.1, 0.15) is 19.4 Å². The molecule has 2 aromatic rings. The van der Waals surface area contributed by atoms with Gasteiger partial charge in [0.2, 0.25) is 5.91 Å². The van der Waals surface area contributed by atoms with E-state index in [1.165, 1.54) is 11.8 Å². The van der Waals surface area contributed by atoms with Crippen LogP contribution in [0.3, 0.4) is 0 Å². The average molecular weight is 307 g/mol. The number of nitrogen functional groups attached to an aromatic ring is 1. The molecule has 0 aliphatic carbocycles. The molecule has 0 bridgehead atoms. The Labute approximate surface area is 124 Å². The Kier molecular flexibility index (Phi) is 3.39. The highest BCUT2D eigenvalue weighted by Gasteiger charge is 2.25. The van der Waals surface area contributed by atoms with E-state index in [0.29, 0.717) is 5.58 Å². The third-order valence-electron chi connectivity index (χ3n) is 2.82. The van der Waals surface area contributed by atoms with Crippen molar-refractivity contribution < 1.29 is 9.21 Å². The molecule has 1 aliphatic rings. The molecule has 20 heavy (non-hydrogen) atoms. The molecule has 104 valence electrons. The zero-order valence-electron chi connectivity index (χ0n) is 11.0. The number of nitrogens with zero attached hydrogens (tertiary/aromatic N) is 1. The van der Waals surface area contributed by atoms with Crippen LogP contribution in [0.2, 0.25) is 0 Å². The maximum atomic E-state index is 11.1. The van der Waals surface area contributed by atoms with E-state index >= 15 is 0 Å². The smallest absolute Gasteiger partial charge is 0.292 e. The van der Waals surface area contributed by atoms with Crippen LogP contribution in [0.5, 0.6) is 0 Å². The van der Waals surface area contributed by atoms with E-state index in [2.05, 4.69) is 17.2 Å². The van der Waals surface area contributed by atoms with Gasteiger partial charge >= 0.3 is 0 Å². The SMILES string of the molecule is CC(=O)NC1SC(C)=C(c2ccc3oc(N)nc3c2)S1. The summed E-state index contributed by atoms with van der Waals surface area (Å²) in [5, 5.41) is 2.90. The number of hydrogen-bond acceptors (Lipinski definition) is 6. The highest BCUT2D eigenvalue weighted by Crippen LogP contribution is 2.49. The van der Waals surface area contributed by atoms with Crippen molar-refractivity contribution in [2.45, 2.75) is 18.6 Å². The van der Waals surface area contributed by atoms with E-state index in [9.17, 15) is 4.79 Å². The molecule has 1 aliphatic heterocycles. The minimum atomic E-state index is -0.0243. The lowest BCUT2D eigenvalue weighted by atomic mass is 10.2. The second-order valence-corrected chi connectivity index (χ2v) is 7.12. The third-order valence-corrected chi connectivity index (χ3v) is 5.52. The number of carbonyl (C=O) groups is 1. The standard InChI is InChI=1S/C13H13N3O2S2/c1-6-11(20-13(19-6)15-7(2)17)8-3-4-10-9(5-8)16-12(14)18-10/h3-5,13H,1-2H3,(H2,14,16)(H,15,17). The first-order valence-corrected chi connectivity index (χ1v) is 7.76. The Balaban J connectivity index is 1.90. The number of carbonyl (C=O) groups excluding carboxylic acids is 1. The van der Waals surface area contributed by atoms with Crippen molar-refractivity contribution in [1.82, 2.24) is 10.3 Å². The van der Waals surface area contributed by atoms with Crippen LogP contribution in [0.15, 0.2) is 27.5 Å². The maximum Gasteiger partial charge on any atom is 0.292 e. The summed E-state index contributed by atoms with van der Waals surface area (Å²) in [7, 11) is 0. The number of thioether (sulfide) groups is 2. The van der Waals surface area contributed by atoms with Crippen LogP contribution in [0.4, 0.5) is 6.01 Å². The molecular formula is C13H13N3O2S2. The lowest BCUT2D eigenvalue weighted by molar-refractivity contribution is -0.118. The summed E-state index contributed by atoms with van der Waals surface area (Å²) in [6.07, 6.45) is 0. The first-order valence-electron chi connectivity index (χ1n) is 6.00. The van der Waals surface area contributed by atoms with Gasteiger partial charge in [-0.2, -0.15) is 4.98 Å². The van der Waals surface area contributed by atoms with Gasteiger partial charge in [0.25, 0.3) is 6.01 Å². The normalized spacial score (nSPS) is 18.8. The summed E-state index contributed by atoms with van der Waals surface area (Å²) in [5.74, 6) is -0.0243. The van der Waals surface area contributed by atoms with Gasteiger partial charge in [-0.15, -0.1) is 0 Å². The van der Waals surface area contributed by atoms with Crippen molar-refractivity contribution in [3.8, 4) is 0 Å². The molecule has 0 saturated heterocycles. The number of nitrogens with two attached hydrogens (primary N) is 1. The molecule has 0 fully saturated rings. The minimum absolute atomic E-state index is 0.0243. The van der Waals surface area contributed by atoms with Crippen LogP contribution in [-0.2, 0) is 4.79 Å². The maximum absolute atomic E-state index is 11.1. The minimum Gasteiger partial charge on any atom is -0.424 e. The molecule has 3 rings (SSSR count). The van der Waals surface area contributed by atoms with Gasteiger partial charge in [-0.25, -0.2) is 0 Å². The largest absolute Gasteiger partial charge is 0.424 e. The van der Waals surface area contributed by atoms with Gasteiger partial charge < -0.3 is 15.5 Å². The predicted molar refractivity (Wildman–Crippen MR) is 83.8 cm³/mol.